The average Bonchev–Trinajstić information content (AvgIpc) is 3.05. The lowest BCUT2D eigenvalue weighted by atomic mass is 10.2. The molecule has 1 aliphatic heterocycles. The number of sulfonamides is 1. The van der Waals surface area contributed by atoms with E-state index in [4.69, 9.17) is 0 Å². The highest BCUT2D eigenvalue weighted by Gasteiger charge is 2.30. The van der Waals surface area contributed by atoms with Crippen molar-refractivity contribution in [2.45, 2.75) is 31.6 Å². The fourth-order valence-electron chi connectivity index (χ4n) is 3.16. The molecule has 1 aliphatic rings. The minimum Gasteiger partial charge on any atom is -0.351 e. The Morgan fingerprint density at radius 1 is 0.967 bits per heavy atom. The van der Waals surface area contributed by atoms with Crippen LogP contribution in [-0.2, 0) is 19.6 Å². The van der Waals surface area contributed by atoms with Gasteiger partial charge < -0.3 is 5.32 Å². The van der Waals surface area contributed by atoms with Crippen molar-refractivity contribution in [3.8, 4) is 0 Å². The van der Waals surface area contributed by atoms with Crippen LogP contribution >= 0.6 is 0 Å². The third kappa shape index (κ3) is 4.74. The van der Waals surface area contributed by atoms with Crippen molar-refractivity contribution in [2.75, 3.05) is 18.0 Å². The lowest BCUT2D eigenvalue weighted by molar-refractivity contribution is -0.121. The second kappa shape index (κ2) is 8.76. The Balaban J connectivity index is 1.54. The summed E-state index contributed by atoms with van der Waals surface area (Å²) >= 11 is 0. The number of rotatable bonds is 7. The van der Waals surface area contributed by atoms with E-state index in [9.17, 15) is 22.8 Å². The van der Waals surface area contributed by atoms with Gasteiger partial charge in [-0.25, -0.2) is 13.1 Å². The highest BCUT2D eigenvalue weighted by atomic mass is 32.2. The second-order valence-electron chi connectivity index (χ2n) is 7.09. The van der Waals surface area contributed by atoms with E-state index in [2.05, 4.69) is 10.0 Å². The Bertz CT molecular complexity index is 1080. The van der Waals surface area contributed by atoms with Crippen molar-refractivity contribution < 1.29 is 22.8 Å². The summed E-state index contributed by atoms with van der Waals surface area (Å²) < 4.78 is 27.4. The van der Waals surface area contributed by atoms with E-state index < -0.39 is 10.0 Å². The molecular weight excluding hydrogens is 406 g/mol. The van der Waals surface area contributed by atoms with E-state index >= 15 is 0 Å². The first kappa shape index (κ1) is 21.7. The molecule has 0 aromatic heterocycles. The first-order valence-corrected chi connectivity index (χ1v) is 11.0. The molecule has 0 unspecified atom stereocenters. The molecule has 2 aromatic rings. The highest BCUT2D eigenvalue weighted by Crippen LogP contribution is 2.22. The summed E-state index contributed by atoms with van der Waals surface area (Å²) in [4.78, 5) is 37.1. The summed E-state index contributed by atoms with van der Waals surface area (Å²) in [6.07, 6.45) is 0.387. The Hall–Kier alpha value is -3.04. The van der Waals surface area contributed by atoms with Crippen molar-refractivity contribution in [1.29, 1.82) is 0 Å². The predicted molar refractivity (Wildman–Crippen MR) is 112 cm³/mol. The molecule has 0 atom stereocenters. The molecule has 1 fully saturated rings. The summed E-state index contributed by atoms with van der Waals surface area (Å²) in [6, 6.07) is 11.3. The number of nitrogens with one attached hydrogen (secondary N) is 2. The molecule has 1 heterocycles. The fourth-order valence-corrected chi connectivity index (χ4v) is 4.52. The maximum atomic E-state index is 12.5. The smallest absolute Gasteiger partial charge is 0.251 e. The number of benzene rings is 2. The van der Waals surface area contributed by atoms with Crippen LogP contribution in [0.4, 0.5) is 5.69 Å². The molecule has 3 amide bonds. The van der Waals surface area contributed by atoms with Crippen molar-refractivity contribution in [1.82, 2.24) is 10.0 Å². The number of imide groups is 1. The van der Waals surface area contributed by atoms with Gasteiger partial charge in [0, 0.05) is 31.5 Å². The SMILES string of the molecule is Cc1ccc(C)c(S(=O)(=O)NCCNC(=O)c2ccc(N3C(=O)CCC3=O)cc2)c1. The molecule has 8 nitrogen and oxygen atoms in total. The van der Waals surface area contributed by atoms with Crippen LogP contribution in [0.1, 0.15) is 34.3 Å². The maximum Gasteiger partial charge on any atom is 0.251 e. The number of carbonyl (C=O) groups is 3. The summed E-state index contributed by atoms with van der Waals surface area (Å²) in [5.74, 6) is -0.895. The van der Waals surface area contributed by atoms with E-state index in [0.29, 0.717) is 16.8 Å². The van der Waals surface area contributed by atoms with Gasteiger partial charge in [-0.1, -0.05) is 12.1 Å². The largest absolute Gasteiger partial charge is 0.351 e. The van der Waals surface area contributed by atoms with E-state index in [1.165, 1.54) is 12.1 Å². The second-order valence-corrected chi connectivity index (χ2v) is 8.83. The van der Waals surface area contributed by atoms with Crippen LogP contribution in [0.3, 0.4) is 0 Å². The number of aryl methyl sites for hydroxylation is 2. The Morgan fingerprint density at radius 3 is 2.23 bits per heavy atom. The van der Waals surface area contributed by atoms with Crippen molar-refractivity contribution >= 4 is 33.4 Å². The van der Waals surface area contributed by atoms with E-state index in [1.54, 1.807) is 31.2 Å². The molecule has 0 spiro atoms. The number of carbonyl (C=O) groups excluding carboxylic acids is 3. The summed E-state index contributed by atoms with van der Waals surface area (Å²) in [7, 11) is -3.67. The number of nitrogens with zero attached hydrogens (tertiary/aromatic N) is 1. The fraction of sp³-hybridized carbons (Fsp3) is 0.286. The van der Waals surface area contributed by atoms with Gasteiger partial charge in [-0.2, -0.15) is 0 Å². The van der Waals surface area contributed by atoms with Crippen LogP contribution in [0.5, 0.6) is 0 Å². The number of amides is 3. The predicted octanol–water partition coefficient (Wildman–Crippen LogP) is 1.67. The number of hydrogen-bond donors (Lipinski definition) is 2. The van der Waals surface area contributed by atoms with Crippen molar-refractivity contribution in [3.05, 3.63) is 59.2 Å². The van der Waals surface area contributed by atoms with Crippen LogP contribution in [-0.4, -0.2) is 39.2 Å². The van der Waals surface area contributed by atoms with Gasteiger partial charge in [-0.3, -0.25) is 19.3 Å². The lowest BCUT2D eigenvalue weighted by Crippen LogP contribution is -2.35. The van der Waals surface area contributed by atoms with Crippen LogP contribution in [0.25, 0.3) is 0 Å². The van der Waals surface area contributed by atoms with Gasteiger partial charge in [0.05, 0.1) is 10.6 Å². The van der Waals surface area contributed by atoms with Gasteiger partial charge >= 0.3 is 0 Å². The molecule has 30 heavy (non-hydrogen) atoms. The molecule has 0 radical (unpaired) electrons. The first-order valence-electron chi connectivity index (χ1n) is 9.50. The third-order valence-corrected chi connectivity index (χ3v) is 6.38. The van der Waals surface area contributed by atoms with Crippen LogP contribution < -0.4 is 14.9 Å². The van der Waals surface area contributed by atoms with Crippen molar-refractivity contribution in [3.63, 3.8) is 0 Å². The topological polar surface area (TPSA) is 113 Å². The average molecular weight is 429 g/mol. The monoisotopic (exact) mass is 429 g/mol. The minimum atomic E-state index is -3.67. The summed E-state index contributed by atoms with van der Waals surface area (Å²) in [5.41, 5.74) is 2.26. The van der Waals surface area contributed by atoms with Gasteiger partial charge in [-0.15, -0.1) is 0 Å². The molecular formula is C21H23N3O5S. The van der Waals surface area contributed by atoms with Crippen molar-refractivity contribution in [2.24, 2.45) is 0 Å². The Morgan fingerprint density at radius 2 is 1.60 bits per heavy atom. The van der Waals surface area contributed by atoms with Gasteiger partial charge in [0.15, 0.2) is 0 Å². The Kier molecular flexibility index (Phi) is 6.33. The zero-order valence-electron chi connectivity index (χ0n) is 16.8. The van der Waals surface area contributed by atoms with Gasteiger partial charge in [0.25, 0.3) is 5.91 Å². The molecule has 3 rings (SSSR count). The molecule has 0 saturated carbocycles. The zero-order chi connectivity index (χ0) is 21.9. The van der Waals surface area contributed by atoms with Gasteiger partial charge in [0.1, 0.15) is 0 Å². The first-order chi connectivity index (χ1) is 14.2. The molecule has 1 saturated heterocycles. The van der Waals surface area contributed by atoms with Crippen LogP contribution in [0.2, 0.25) is 0 Å². The quantitative estimate of drug-likeness (QED) is 0.514. The molecule has 158 valence electrons. The minimum absolute atomic E-state index is 0.0380. The summed E-state index contributed by atoms with van der Waals surface area (Å²) in [5, 5.41) is 2.64. The number of hydrogen-bond acceptors (Lipinski definition) is 5. The van der Waals surface area contributed by atoms with E-state index in [-0.39, 0.29) is 48.5 Å². The lowest BCUT2D eigenvalue weighted by Gasteiger charge is -2.14. The van der Waals surface area contributed by atoms with Crippen LogP contribution in [0.15, 0.2) is 47.4 Å². The summed E-state index contributed by atoms with van der Waals surface area (Å²) in [6.45, 7) is 3.69. The van der Waals surface area contributed by atoms with E-state index in [0.717, 1.165) is 10.5 Å². The van der Waals surface area contributed by atoms with Gasteiger partial charge in [0.2, 0.25) is 21.8 Å². The standard InChI is InChI=1S/C21H23N3O5S/c1-14-3-4-15(2)18(13-14)30(28,29)23-12-11-22-21(27)16-5-7-17(8-6-16)24-19(25)9-10-20(24)26/h3-8,13,23H,9-12H2,1-2H3,(H,22,27). The molecule has 2 aromatic carbocycles. The van der Waals surface area contributed by atoms with Crippen LogP contribution in [0, 0.1) is 13.8 Å². The molecule has 0 aliphatic carbocycles. The third-order valence-electron chi connectivity index (χ3n) is 4.78. The normalized spacial score (nSPS) is 14.3. The molecule has 0 bridgehead atoms. The number of anilines is 1. The van der Waals surface area contributed by atoms with Gasteiger partial charge in [-0.05, 0) is 55.3 Å². The zero-order valence-corrected chi connectivity index (χ0v) is 17.6. The Labute approximate surface area is 175 Å². The maximum absolute atomic E-state index is 12.5. The molecule has 2 N–H and O–H groups in total. The molecule has 9 heteroatoms. The highest BCUT2D eigenvalue weighted by molar-refractivity contribution is 7.89. The van der Waals surface area contributed by atoms with E-state index in [1.807, 2.05) is 13.0 Å².